The summed E-state index contributed by atoms with van der Waals surface area (Å²) in [5, 5.41) is 2.62. The number of anilines is 1. The third-order valence-corrected chi connectivity index (χ3v) is 3.37. The van der Waals surface area contributed by atoms with Crippen LogP contribution in [0.15, 0.2) is 18.2 Å². The highest BCUT2D eigenvalue weighted by Gasteiger charge is 2.10. The van der Waals surface area contributed by atoms with E-state index in [1.807, 2.05) is 0 Å². The van der Waals surface area contributed by atoms with E-state index >= 15 is 0 Å². The number of benzene rings is 1. The number of methoxy groups -OCH3 is 1. The maximum atomic E-state index is 10.9. The van der Waals surface area contributed by atoms with Crippen molar-refractivity contribution >= 4 is 31.3 Å². The average Bonchev–Trinajstić information content (AvgIpc) is 2.25. The minimum atomic E-state index is -3.55. The minimum absolute atomic E-state index is 0.186. The second-order valence-electron chi connectivity index (χ2n) is 3.70. The Labute approximate surface area is 111 Å². The number of rotatable bonds is 5. The average molecular weight is 292 g/mol. The Hall–Kier alpha value is -1.27. The molecule has 1 N–H and O–H groups in total. The normalized spacial score (nSPS) is 11.1. The first-order valence-electron chi connectivity index (χ1n) is 5.18. The molecule has 0 bridgehead atoms. The van der Waals surface area contributed by atoms with Gasteiger partial charge in [-0.2, -0.15) is 0 Å². The highest BCUT2D eigenvalue weighted by Crippen LogP contribution is 2.23. The van der Waals surface area contributed by atoms with Crippen LogP contribution in [0.3, 0.4) is 0 Å². The summed E-state index contributed by atoms with van der Waals surface area (Å²) < 4.78 is 27.0. The molecule has 1 amide bonds. The van der Waals surface area contributed by atoms with Gasteiger partial charge in [0, 0.05) is 23.3 Å². The van der Waals surface area contributed by atoms with Crippen LogP contribution >= 0.6 is 10.7 Å². The highest BCUT2D eigenvalue weighted by molar-refractivity contribution is 8.13. The van der Waals surface area contributed by atoms with Gasteiger partial charge in [0.15, 0.2) is 0 Å². The standard InChI is InChI=1S/C11H14ClNO4S/c1-8(14)13-10-3-4-11(17-2)9(7-10)5-6-18(12,15)16/h3-4,7H,5-6H2,1-2H3,(H,13,14). The Morgan fingerprint density at radius 1 is 1.44 bits per heavy atom. The maximum Gasteiger partial charge on any atom is 0.232 e. The van der Waals surface area contributed by atoms with Gasteiger partial charge < -0.3 is 10.1 Å². The fraction of sp³-hybridized carbons (Fsp3) is 0.364. The molecule has 5 nitrogen and oxygen atoms in total. The molecule has 100 valence electrons. The van der Waals surface area contributed by atoms with Gasteiger partial charge in [-0.1, -0.05) is 0 Å². The topological polar surface area (TPSA) is 72.5 Å². The SMILES string of the molecule is COc1ccc(NC(C)=O)cc1CCS(=O)(=O)Cl. The molecule has 1 aromatic carbocycles. The lowest BCUT2D eigenvalue weighted by Crippen LogP contribution is -2.07. The molecule has 0 aromatic heterocycles. The van der Waals surface area contributed by atoms with Crippen molar-refractivity contribution in [2.24, 2.45) is 0 Å². The van der Waals surface area contributed by atoms with Crippen LogP contribution in [0.2, 0.25) is 0 Å². The van der Waals surface area contributed by atoms with E-state index in [1.54, 1.807) is 18.2 Å². The zero-order valence-electron chi connectivity index (χ0n) is 10.1. The van der Waals surface area contributed by atoms with E-state index in [0.717, 1.165) is 0 Å². The number of aryl methyl sites for hydroxylation is 1. The molecular weight excluding hydrogens is 278 g/mol. The lowest BCUT2D eigenvalue weighted by Gasteiger charge is -2.10. The number of halogens is 1. The summed E-state index contributed by atoms with van der Waals surface area (Å²) >= 11 is 0. The maximum absolute atomic E-state index is 10.9. The number of carbonyl (C=O) groups excluding carboxylic acids is 1. The van der Waals surface area contributed by atoms with Crippen LogP contribution in [0.1, 0.15) is 12.5 Å². The van der Waals surface area contributed by atoms with Crippen molar-refractivity contribution in [1.82, 2.24) is 0 Å². The fourth-order valence-corrected chi connectivity index (χ4v) is 2.18. The summed E-state index contributed by atoms with van der Waals surface area (Å²) in [6.45, 7) is 1.40. The van der Waals surface area contributed by atoms with Crippen LogP contribution in [-0.4, -0.2) is 27.2 Å². The van der Waals surface area contributed by atoms with E-state index < -0.39 is 9.05 Å². The van der Waals surface area contributed by atoms with Crippen LogP contribution in [0.5, 0.6) is 5.75 Å². The number of ether oxygens (including phenoxy) is 1. The zero-order chi connectivity index (χ0) is 13.8. The lowest BCUT2D eigenvalue weighted by atomic mass is 10.1. The van der Waals surface area contributed by atoms with Gasteiger partial charge in [0.05, 0.1) is 12.9 Å². The summed E-state index contributed by atoms with van der Waals surface area (Å²) in [4.78, 5) is 10.9. The monoisotopic (exact) mass is 291 g/mol. The molecule has 1 aromatic rings. The van der Waals surface area contributed by atoms with E-state index in [2.05, 4.69) is 5.32 Å². The summed E-state index contributed by atoms with van der Waals surface area (Å²) in [7, 11) is 3.10. The smallest absolute Gasteiger partial charge is 0.232 e. The van der Waals surface area contributed by atoms with Crippen molar-refractivity contribution in [1.29, 1.82) is 0 Å². The zero-order valence-corrected chi connectivity index (χ0v) is 11.6. The minimum Gasteiger partial charge on any atom is -0.496 e. The van der Waals surface area contributed by atoms with E-state index in [0.29, 0.717) is 17.0 Å². The number of hydrogen-bond donors (Lipinski definition) is 1. The van der Waals surface area contributed by atoms with Crippen molar-refractivity contribution in [3.63, 3.8) is 0 Å². The van der Waals surface area contributed by atoms with Crippen molar-refractivity contribution < 1.29 is 17.9 Å². The summed E-state index contributed by atoms with van der Waals surface area (Å²) in [5.41, 5.74) is 1.26. The van der Waals surface area contributed by atoms with Gasteiger partial charge in [0.1, 0.15) is 5.75 Å². The quantitative estimate of drug-likeness (QED) is 0.839. The van der Waals surface area contributed by atoms with Crippen molar-refractivity contribution in [3.05, 3.63) is 23.8 Å². The number of carbonyl (C=O) groups is 1. The Morgan fingerprint density at radius 3 is 2.61 bits per heavy atom. The fourth-order valence-electron chi connectivity index (χ4n) is 1.49. The van der Waals surface area contributed by atoms with Gasteiger partial charge in [-0.25, -0.2) is 8.42 Å². The molecule has 18 heavy (non-hydrogen) atoms. The van der Waals surface area contributed by atoms with E-state index in [9.17, 15) is 13.2 Å². The van der Waals surface area contributed by atoms with E-state index in [4.69, 9.17) is 15.4 Å². The van der Waals surface area contributed by atoms with Crippen LogP contribution in [0, 0.1) is 0 Å². The predicted octanol–water partition coefficient (Wildman–Crippen LogP) is 1.76. The first kappa shape index (κ1) is 14.8. The first-order valence-corrected chi connectivity index (χ1v) is 7.66. The van der Waals surface area contributed by atoms with Gasteiger partial charge in [-0.05, 0) is 30.2 Å². The molecule has 0 spiro atoms. The predicted molar refractivity (Wildman–Crippen MR) is 70.6 cm³/mol. The Kier molecular flexibility index (Phi) is 4.98. The largest absolute Gasteiger partial charge is 0.496 e. The van der Waals surface area contributed by atoms with Crippen LogP contribution in [0.4, 0.5) is 5.69 Å². The summed E-state index contributed by atoms with van der Waals surface area (Å²) in [6.07, 6.45) is 0.225. The Morgan fingerprint density at radius 2 is 2.11 bits per heavy atom. The molecule has 0 saturated carbocycles. The molecule has 0 unspecified atom stereocenters. The second kappa shape index (κ2) is 6.06. The lowest BCUT2D eigenvalue weighted by molar-refractivity contribution is -0.114. The van der Waals surface area contributed by atoms with Gasteiger partial charge in [-0.3, -0.25) is 4.79 Å². The molecule has 0 aliphatic heterocycles. The van der Waals surface area contributed by atoms with Gasteiger partial charge >= 0.3 is 0 Å². The van der Waals surface area contributed by atoms with Crippen molar-refractivity contribution in [2.75, 3.05) is 18.2 Å². The summed E-state index contributed by atoms with van der Waals surface area (Å²) in [6, 6.07) is 5.02. The summed E-state index contributed by atoms with van der Waals surface area (Å²) in [5.74, 6) is 0.176. The molecule has 0 fully saturated rings. The van der Waals surface area contributed by atoms with Crippen LogP contribution in [0.25, 0.3) is 0 Å². The molecule has 0 radical (unpaired) electrons. The van der Waals surface area contributed by atoms with Crippen molar-refractivity contribution in [2.45, 2.75) is 13.3 Å². The molecule has 1 rings (SSSR count). The third-order valence-electron chi connectivity index (χ3n) is 2.22. The second-order valence-corrected chi connectivity index (χ2v) is 6.60. The van der Waals surface area contributed by atoms with E-state index in [-0.39, 0.29) is 18.1 Å². The van der Waals surface area contributed by atoms with Gasteiger partial charge in [0.2, 0.25) is 15.0 Å². The molecule has 0 aliphatic carbocycles. The molecular formula is C11H14ClNO4S. The van der Waals surface area contributed by atoms with Gasteiger partial charge in [-0.15, -0.1) is 0 Å². The molecule has 0 atom stereocenters. The number of amides is 1. The van der Waals surface area contributed by atoms with E-state index in [1.165, 1.54) is 14.0 Å². The number of nitrogens with one attached hydrogen (secondary N) is 1. The highest BCUT2D eigenvalue weighted by atomic mass is 35.7. The van der Waals surface area contributed by atoms with Crippen LogP contribution < -0.4 is 10.1 Å². The number of hydrogen-bond acceptors (Lipinski definition) is 4. The third kappa shape index (κ3) is 4.93. The molecule has 0 saturated heterocycles. The molecule has 0 aliphatic rings. The first-order chi connectivity index (χ1) is 8.31. The van der Waals surface area contributed by atoms with Crippen molar-refractivity contribution in [3.8, 4) is 5.75 Å². The Bertz CT molecular complexity index is 542. The van der Waals surface area contributed by atoms with Gasteiger partial charge in [0.25, 0.3) is 0 Å². The Balaban J connectivity index is 2.95. The molecule has 0 heterocycles. The molecule has 7 heteroatoms. The van der Waals surface area contributed by atoms with Crippen LogP contribution in [-0.2, 0) is 20.3 Å².